The molecular weight excluding hydrogens is 238 g/mol. The van der Waals surface area contributed by atoms with Crippen LogP contribution < -0.4 is 10.5 Å². The van der Waals surface area contributed by atoms with Crippen LogP contribution in [0.4, 0.5) is 0 Å². The second-order valence-electron chi connectivity index (χ2n) is 5.89. The first-order valence-electron chi connectivity index (χ1n) is 7.13. The number of aliphatic hydroxyl groups excluding tert-OH is 1. The number of benzene rings is 1. The molecule has 1 fully saturated rings. The first-order chi connectivity index (χ1) is 9.12. The molecule has 1 saturated carbocycles. The number of nitrogens with two attached hydrogens (primary N) is 1. The highest BCUT2D eigenvalue weighted by Crippen LogP contribution is 2.45. The Balaban J connectivity index is 2.28. The maximum Gasteiger partial charge on any atom is 0.122 e. The van der Waals surface area contributed by atoms with Crippen molar-refractivity contribution in [3.05, 3.63) is 29.8 Å². The summed E-state index contributed by atoms with van der Waals surface area (Å²) < 4.78 is 5.41. The van der Waals surface area contributed by atoms with Gasteiger partial charge in [0.05, 0.1) is 13.2 Å². The van der Waals surface area contributed by atoms with Gasteiger partial charge in [-0.05, 0) is 24.3 Å². The van der Waals surface area contributed by atoms with Crippen molar-refractivity contribution in [1.29, 1.82) is 0 Å². The van der Waals surface area contributed by atoms with Gasteiger partial charge in [-0.1, -0.05) is 38.0 Å². The van der Waals surface area contributed by atoms with Crippen LogP contribution in [0.25, 0.3) is 0 Å². The molecule has 1 aromatic carbocycles. The predicted molar refractivity (Wildman–Crippen MR) is 77.4 cm³/mol. The summed E-state index contributed by atoms with van der Waals surface area (Å²) in [5.74, 6) is 0.762. The number of rotatable bonds is 5. The van der Waals surface area contributed by atoms with Crippen LogP contribution in [0.15, 0.2) is 24.3 Å². The van der Waals surface area contributed by atoms with E-state index in [1.807, 2.05) is 24.3 Å². The highest BCUT2D eigenvalue weighted by Gasteiger charge is 2.40. The Morgan fingerprint density at radius 2 is 1.95 bits per heavy atom. The minimum atomic E-state index is -0.406. The average molecular weight is 263 g/mol. The molecule has 2 atom stereocenters. The van der Waals surface area contributed by atoms with E-state index in [9.17, 15) is 5.11 Å². The van der Waals surface area contributed by atoms with E-state index in [1.165, 1.54) is 12.8 Å². The van der Waals surface area contributed by atoms with Crippen LogP contribution in [0.2, 0.25) is 0 Å². The smallest absolute Gasteiger partial charge is 0.122 e. The lowest BCUT2D eigenvalue weighted by Crippen LogP contribution is -2.38. The fourth-order valence-corrected chi connectivity index (χ4v) is 3.36. The van der Waals surface area contributed by atoms with E-state index < -0.39 is 6.10 Å². The molecule has 3 N–H and O–H groups in total. The van der Waals surface area contributed by atoms with Crippen LogP contribution in [0.5, 0.6) is 5.75 Å². The second-order valence-corrected chi connectivity index (χ2v) is 5.89. The number of hydrogen-bond acceptors (Lipinski definition) is 3. The molecule has 0 bridgehead atoms. The molecule has 1 aromatic rings. The highest BCUT2D eigenvalue weighted by atomic mass is 16.5. The van der Waals surface area contributed by atoms with Crippen molar-refractivity contribution in [3.63, 3.8) is 0 Å². The normalized spacial score (nSPS) is 21.1. The van der Waals surface area contributed by atoms with Gasteiger partial charge in [-0.15, -0.1) is 0 Å². The quantitative estimate of drug-likeness (QED) is 0.858. The van der Waals surface area contributed by atoms with Crippen LogP contribution in [-0.2, 0) is 0 Å². The largest absolute Gasteiger partial charge is 0.496 e. The highest BCUT2D eigenvalue weighted by molar-refractivity contribution is 5.37. The maximum atomic E-state index is 10.8. The summed E-state index contributed by atoms with van der Waals surface area (Å²) in [4.78, 5) is 0. The lowest BCUT2D eigenvalue weighted by molar-refractivity contribution is 0.0207. The van der Waals surface area contributed by atoms with Gasteiger partial charge in [-0.2, -0.15) is 0 Å². The zero-order chi connectivity index (χ0) is 13.9. The standard InChI is InChI=1S/C16H25NO2/c1-16(9-5-6-10-16)15(18)13(11-17)12-7-3-4-8-14(12)19-2/h3-4,7-8,13,15,18H,5-6,9-11,17H2,1-2H3. The molecule has 106 valence electrons. The summed E-state index contributed by atoms with van der Waals surface area (Å²) in [5, 5.41) is 10.8. The van der Waals surface area contributed by atoms with Gasteiger partial charge in [-0.3, -0.25) is 0 Å². The molecule has 0 amide bonds. The Morgan fingerprint density at radius 3 is 2.53 bits per heavy atom. The number of ether oxygens (including phenoxy) is 1. The van der Waals surface area contributed by atoms with Crippen LogP contribution in [0.1, 0.15) is 44.1 Å². The van der Waals surface area contributed by atoms with Crippen molar-refractivity contribution in [3.8, 4) is 5.75 Å². The lowest BCUT2D eigenvalue weighted by Gasteiger charge is -2.36. The molecular formula is C16H25NO2. The maximum absolute atomic E-state index is 10.8. The topological polar surface area (TPSA) is 55.5 Å². The second kappa shape index (κ2) is 5.93. The van der Waals surface area contributed by atoms with E-state index in [0.29, 0.717) is 6.54 Å². The Labute approximate surface area is 115 Å². The van der Waals surface area contributed by atoms with Crippen LogP contribution in [0, 0.1) is 5.41 Å². The van der Waals surface area contributed by atoms with Gasteiger partial charge in [0.25, 0.3) is 0 Å². The summed E-state index contributed by atoms with van der Waals surface area (Å²) >= 11 is 0. The molecule has 1 aliphatic rings. The van der Waals surface area contributed by atoms with Gasteiger partial charge in [-0.25, -0.2) is 0 Å². The van der Waals surface area contributed by atoms with Crippen LogP contribution in [0.3, 0.4) is 0 Å². The van der Waals surface area contributed by atoms with Gasteiger partial charge in [0, 0.05) is 18.0 Å². The lowest BCUT2D eigenvalue weighted by atomic mass is 9.74. The number of aliphatic hydroxyl groups is 1. The molecule has 1 aliphatic carbocycles. The molecule has 0 saturated heterocycles. The fourth-order valence-electron chi connectivity index (χ4n) is 3.36. The van der Waals surface area contributed by atoms with Gasteiger partial charge in [0.1, 0.15) is 5.75 Å². The molecule has 2 rings (SSSR count). The SMILES string of the molecule is COc1ccccc1C(CN)C(O)C1(C)CCCC1. The molecule has 0 aromatic heterocycles. The number of methoxy groups -OCH3 is 1. The molecule has 0 spiro atoms. The zero-order valence-electron chi connectivity index (χ0n) is 11.9. The number of hydrogen-bond donors (Lipinski definition) is 2. The zero-order valence-corrected chi connectivity index (χ0v) is 11.9. The predicted octanol–water partition coefficient (Wildman–Crippen LogP) is 2.68. The third-order valence-electron chi connectivity index (χ3n) is 4.63. The van der Waals surface area contributed by atoms with E-state index in [1.54, 1.807) is 7.11 Å². The van der Waals surface area contributed by atoms with Crippen molar-refractivity contribution in [2.45, 2.75) is 44.6 Å². The first kappa shape index (κ1) is 14.4. The third kappa shape index (κ3) is 2.77. The summed E-state index contributed by atoms with van der Waals surface area (Å²) in [5.41, 5.74) is 6.95. The summed E-state index contributed by atoms with van der Waals surface area (Å²) in [6.07, 6.45) is 4.17. The van der Waals surface area contributed by atoms with E-state index in [0.717, 1.165) is 24.2 Å². The van der Waals surface area contributed by atoms with Gasteiger partial charge < -0.3 is 15.6 Å². The van der Waals surface area contributed by atoms with Gasteiger partial charge in [0.2, 0.25) is 0 Å². The Morgan fingerprint density at radius 1 is 1.32 bits per heavy atom. The molecule has 0 aliphatic heterocycles. The van der Waals surface area contributed by atoms with Crippen LogP contribution in [-0.4, -0.2) is 24.9 Å². The monoisotopic (exact) mass is 263 g/mol. The Kier molecular flexibility index (Phi) is 4.48. The van der Waals surface area contributed by atoms with Crippen molar-refractivity contribution in [2.24, 2.45) is 11.1 Å². The Hall–Kier alpha value is -1.06. The van der Waals surface area contributed by atoms with Gasteiger partial charge in [0.15, 0.2) is 0 Å². The third-order valence-corrected chi connectivity index (χ3v) is 4.63. The average Bonchev–Trinajstić information content (AvgIpc) is 2.88. The number of para-hydroxylation sites is 1. The van der Waals surface area contributed by atoms with Crippen LogP contribution >= 0.6 is 0 Å². The first-order valence-corrected chi connectivity index (χ1v) is 7.13. The minimum Gasteiger partial charge on any atom is -0.496 e. The minimum absolute atomic E-state index is 0.00904. The summed E-state index contributed by atoms with van der Waals surface area (Å²) in [6, 6.07) is 7.86. The van der Waals surface area contributed by atoms with Crippen molar-refractivity contribution in [1.82, 2.24) is 0 Å². The van der Waals surface area contributed by atoms with E-state index >= 15 is 0 Å². The molecule has 3 heteroatoms. The van der Waals surface area contributed by atoms with Gasteiger partial charge >= 0.3 is 0 Å². The summed E-state index contributed by atoms with van der Waals surface area (Å²) in [7, 11) is 1.66. The molecule has 0 heterocycles. The van der Waals surface area contributed by atoms with E-state index in [4.69, 9.17) is 10.5 Å². The van der Waals surface area contributed by atoms with Crippen molar-refractivity contribution in [2.75, 3.05) is 13.7 Å². The summed E-state index contributed by atoms with van der Waals surface area (Å²) in [6.45, 7) is 2.62. The van der Waals surface area contributed by atoms with E-state index in [-0.39, 0.29) is 11.3 Å². The van der Waals surface area contributed by atoms with E-state index in [2.05, 4.69) is 6.92 Å². The molecule has 19 heavy (non-hydrogen) atoms. The van der Waals surface area contributed by atoms with Crippen molar-refractivity contribution >= 4 is 0 Å². The fraction of sp³-hybridized carbons (Fsp3) is 0.625. The molecule has 3 nitrogen and oxygen atoms in total. The molecule has 0 radical (unpaired) electrons. The molecule has 2 unspecified atom stereocenters. The van der Waals surface area contributed by atoms with Crippen molar-refractivity contribution < 1.29 is 9.84 Å². The Bertz CT molecular complexity index is 413.